The Morgan fingerprint density at radius 1 is 1.31 bits per heavy atom. The minimum absolute atomic E-state index is 0.0326. The Morgan fingerprint density at radius 3 is 2.77 bits per heavy atom. The van der Waals surface area contributed by atoms with Crippen LogP contribution in [0.25, 0.3) is 0 Å². The molecule has 3 nitrogen and oxygen atoms in total. The van der Waals surface area contributed by atoms with E-state index >= 15 is 0 Å². The van der Waals surface area contributed by atoms with Gasteiger partial charge in [-0.1, -0.05) is 6.07 Å². The average molecular weight is 218 g/mol. The van der Waals surface area contributed by atoms with Gasteiger partial charge in [0.2, 0.25) is 0 Å². The zero-order chi connectivity index (χ0) is 9.47. The molecule has 0 amide bonds. The molecule has 0 fully saturated rings. The van der Waals surface area contributed by atoms with Crippen LogP contribution < -0.4 is 0 Å². The lowest BCUT2D eigenvalue weighted by atomic mass is 10.2. The molecule has 0 unspecified atom stereocenters. The summed E-state index contributed by atoms with van der Waals surface area (Å²) < 4.78 is 21.9. The Balaban J connectivity index is 2.54. The lowest BCUT2D eigenvalue weighted by Crippen LogP contribution is -1.98. The number of hydrogen-bond acceptors (Lipinski definition) is 3. The molecule has 0 atom stereocenters. The van der Waals surface area contributed by atoms with E-state index in [0.717, 1.165) is 30.5 Å². The summed E-state index contributed by atoms with van der Waals surface area (Å²) in [6.45, 7) is 0. The van der Waals surface area contributed by atoms with E-state index in [1.807, 2.05) is 0 Å². The molecule has 0 spiro atoms. The average Bonchev–Trinajstić information content (AvgIpc) is 2.47. The van der Waals surface area contributed by atoms with Crippen LogP contribution in [0, 0.1) is 0 Å². The molecule has 0 saturated carbocycles. The fourth-order valence-corrected chi connectivity index (χ4v) is 2.24. The van der Waals surface area contributed by atoms with Crippen LogP contribution in [0.15, 0.2) is 17.2 Å². The van der Waals surface area contributed by atoms with Gasteiger partial charge in [0.1, 0.15) is 0 Å². The summed E-state index contributed by atoms with van der Waals surface area (Å²) >= 11 is 0. The van der Waals surface area contributed by atoms with E-state index in [2.05, 4.69) is 4.98 Å². The van der Waals surface area contributed by atoms with Gasteiger partial charge in [0, 0.05) is 16.4 Å². The molecule has 1 aromatic heterocycles. The summed E-state index contributed by atoms with van der Waals surface area (Å²) in [5.74, 6) is 0. The van der Waals surface area contributed by atoms with Crippen LogP contribution in [0.2, 0.25) is 0 Å². The van der Waals surface area contributed by atoms with Crippen LogP contribution >= 0.6 is 10.7 Å². The Bertz CT molecular complexity index is 441. The minimum atomic E-state index is -3.66. The lowest BCUT2D eigenvalue weighted by Gasteiger charge is -1.99. The molecule has 13 heavy (non-hydrogen) atoms. The van der Waals surface area contributed by atoms with Gasteiger partial charge in [0.05, 0.1) is 0 Å². The Hall–Kier alpha value is -0.610. The number of pyridine rings is 1. The van der Waals surface area contributed by atoms with Crippen LogP contribution in [-0.2, 0) is 21.9 Å². The van der Waals surface area contributed by atoms with Crippen molar-refractivity contribution in [2.45, 2.75) is 24.3 Å². The van der Waals surface area contributed by atoms with E-state index in [0.29, 0.717) is 0 Å². The summed E-state index contributed by atoms with van der Waals surface area (Å²) in [4.78, 5) is 4.00. The third-order valence-electron chi connectivity index (χ3n) is 2.15. The Kier molecular flexibility index (Phi) is 2.04. The molecule has 0 N–H and O–H groups in total. The summed E-state index contributed by atoms with van der Waals surface area (Å²) in [5.41, 5.74) is 2.02. The predicted octanol–water partition coefficient (Wildman–Crippen LogP) is 1.50. The maximum atomic E-state index is 10.9. The van der Waals surface area contributed by atoms with Crippen molar-refractivity contribution in [3.8, 4) is 0 Å². The fourth-order valence-electron chi connectivity index (χ4n) is 1.54. The van der Waals surface area contributed by atoms with Crippen molar-refractivity contribution in [1.29, 1.82) is 0 Å². The van der Waals surface area contributed by atoms with E-state index in [1.165, 1.54) is 6.07 Å². The fraction of sp³-hybridized carbons (Fsp3) is 0.375. The van der Waals surface area contributed by atoms with Gasteiger partial charge >= 0.3 is 0 Å². The van der Waals surface area contributed by atoms with Crippen LogP contribution in [0.3, 0.4) is 0 Å². The van der Waals surface area contributed by atoms with Gasteiger partial charge in [-0.3, -0.25) is 0 Å². The standard InChI is InChI=1S/C8H8ClNO2S/c9-13(11,12)8-5-4-6-2-1-3-7(6)10-8/h4-5H,1-3H2. The van der Waals surface area contributed by atoms with Crippen molar-refractivity contribution in [2.24, 2.45) is 0 Å². The second kappa shape index (κ2) is 2.96. The summed E-state index contributed by atoms with van der Waals surface area (Å²) in [6, 6.07) is 3.26. The quantitative estimate of drug-likeness (QED) is 0.670. The molecule has 1 aliphatic carbocycles. The monoisotopic (exact) mass is 217 g/mol. The highest BCUT2D eigenvalue weighted by Gasteiger charge is 2.17. The number of rotatable bonds is 1. The molecule has 1 aromatic rings. The second-order valence-corrected chi connectivity index (χ2v) is 5.56. The second-order valence-electron chi connectivity index (χ2n) is 3.05. The molecule has 0 aliphatic heterocycles. The van der Waals surface area contributed by atoms with Crippen molar-refractivity contribution in [1.82, 2.24) is 4.98 Å². The van der Waals surface area contributed by atoms with E-state index in [9.17, 15) is 8.42 Å². The maximum Gasteiger partial charge on any atom is 0.278 e. The molecule has 0 bridgehead atoms. The van der Waals surface area contributed by atoms with Crippen molar-refractivity contribution in [3.63, 3.8) is 0 Å². The lowest BCUT2D eigenvalue weighted by molar-refractivity contribution is 0.605. The Labute approximate surface area is 81.2 Å². The molecule has 70 valence electrons. The van der Waals surface area contributed by atoms with Crippen molar-refractivity contribution in [2.75, 3.05) is 0 Å². The van der Waals surface area contributed by atoms with Crippen LogP contribution in [0.5, 0.6) is 0 Å². The summed E-state index contributed by atoms with van der Waals surface area (Å²) in [6.07, 6.45) is 2.90. The first-order chi connectivity index (χ1) is 6.07. The Morgan fingerprint density at radius 2 is 2.08 bits per heavy atom. The zero-order valence-corrected chi connectivity index (χ0v) is 8.40. The number of fused-ring (bicyclic) bond motifs is 1. The first-order valence-electron chi connectivity index (χ1n) is 4.01. The topological polar surface area (TPSA) is 47.0 Å². The smallest absolute Gasteiger partial charge is 0.240 e. The maximum absolute atomic E-state index is 10.9. The summed E-state index contributed by atoms with van der Waals surface area (Å²) in [5, 5.41) is -0.0326. The van der Waals surface area contributed by atoms with E-state index in [4.69, 9.17) is 10.7 Å². The normalized spacial score (nSPS) is 15.8. The van der Waals surface area contributed by atoms with Gasteiger partial charge in [0.15, 0.2) is 5.03 Å². The van der Waals surface area contributed by atoms with E-state index in [-0.39, 0.29) is 5.03 Å². The molecule has 0 saturated heterocycles. The van der Waals surface area contributed by atoms with Gasteiger partial charge in [-0.15, -0.1) is 0 Å². The SMILES string of the molecule is O=S(=O)(Cl)c1ccc2c(n1)CCC2. The molecule has 1 heterocycles. The molecule has 2 rings (SSSR count). The minimum Gasteiger partial charge on any atom is -0.240 e. The van der Waals surface area contributed by atoms with Crippen LogP contribution in [0.4, 0.5) is 0 Å². The molecule has 0 radical (unpaired) electrons. The highest BCUT2D eigenvalue weighted by atomic mass is 35.7. The van der Waals surface area contributed by atoms with Gasteiger partial charge in [-0.05, 0) is 30.9 Å². The van der Waals surface area contributed by atoms with Crippen molar-refractivity contribution < 1.29 is 8.42 Å². The first-order valence-corrected chi connectivity index (χ1v) is 6.32. The van der Waals surface area contributed by atoms with Gasteiger partial charge in [-0.2, -0.15) is 0 Å². The third-order valence-corrected chi connectivity index (χ3v) is 3.35. The molecular weight excluding hydrogens is 210 g/mol. The molecule has 5 heteroatoms. The number of hydrogen-bond donors (Lipinski definition) is 0. The van der Waals surface area contributed by atoms with Crippen LogP contribution in [0.1, 0.15) is 17.7 Å². The largest absolute Gasteiger partial charge is 0.278 e. The van der Waals surface area contributed by atoms with Crippen molar-refractivity contribution in [3.05, 3.63) is 23.4 Å². The number of halogens is 1. The van der Waals surface area contributed by atoms with Gasteiger partial charge in [0.25, 0.3) is 9.05 Å². The first kappa shape index (κ1) is 8.97. The molecular formula is C8H8ClNO2S. The van der Waals surface area contributed by atoms with Gasteiger partial charge < -0.3 is 0 Å². The number of aryl methyl sites for hydroxylation is 2. The number of nitrogens with zero attached hydrogens (tertiary/aromatic N) is 1. The van der Waals surface area contributed by atoms with Crippen molar-refractivity contribution >= 4 is 19.7 Å². The molecule has 0 aromatic carbocycles. The third kappa shape index (κ3) is 1.69. The summed E-state index contributed by atoms with van der Waals surface area (Å²) in [7, 11) is 1.51. The molecule has 1 aliphatic rings. The van der Waals surface area contributed by atoms with Gasteiger partial charge in [-0.25, -0.2) is 13.4 Å². The highest BCUT2D eigenvalue weighted by molar-refractivity contribution is 8.13. The number of aromatic nitrogens is 1. The highest BCUT2D eigenvalue weighted by Crippen LogP contribution is 2.22. The zero-order valence-electron chi connectivity index (χ0n) is 6.83. The van der Waals surface area contributed by atoms with E-state index in [1.54, 1.807) is 6.07 Å². The van der Waals surface area contributed by atoms with Crippen LogP contribution in [-0.4, -0.2) is 13.4 Å². The predicted molar refractivity (Wildman–Crippen MR) is 49.3 cm³/mol. The van der Waals surface area contributed by atoms with E-state index < -0.39 is 9.05 Å².